The summed E-state index contributed by atoms with van der Waals surface area (Å²) < 4.78 is 46.2. The average molecular weight is 454 g/mol. The van der Waals surface area contributed by atoms with Gasteiger partial charge in [0.1, 0.15) is 5.54 Å². The third kappa shape index (κ3) is 4.38. The monoisotopic (exact) mass is 454 g/mol. The van der Waals surface area contributed by atoms with Gasteiger partial charge in [-0.25, -0.2) is 4.79 Å². The van der Waals surface area contributed by atoms with Crippen LogP contribution in [-0.4, -0.2) is 61.1 Å². The van der Waals surface area contributed by atoms with Gasteiger partial charge in [-0.3, -0.25) is 14.5 Å². The van der Waals surface area contributed by atoms with Crippen LogP contribution in [0.5, 0.6) is 0 Å². The van der Waals surface area contributed by atoms with Gasteiger partial charge in [0.2, 0.25) is 5.91 Å². The molecule has 4 rings (SSSR count). The van der Waals surface area contributed by atoms with Gasteiger partial charge in [-0.05, 0) is 31.0 Å². The molecule has 2 N–H and O–H groups in total. The van der Waals surface area contributed by atoms with E-state index in [2.05, 4.69) is 10.6 Å². The smallest absolute Gasteiger partial charge is 0.378 e. The van der Waals surface area contributed by atoms with E-state index >= 15 is 0 Å². The number of carbonyl (C=O) groups is 3. The van der Waals surface area contributed by atoms with E-state index in [-0.39, 0.29) is 24.6 Å². The van der Waals surface area contributed by atoms with Gasteiger partial charge < -0.3 is 20.3 Å². The molecule has 3 aliphatic rings. The van der Waals surface area contributed by atoms with E-state index in [1.165, 1.54) is 12.1 Å². The molecule has 3 fully saturated rings. The fraction of sp³-hybridized carbons (Fsp3) is 0.571. The first-order valence-corrected chi connectivity index (χ1v) is 10.7. The number of amides is 4. The Hall–Kier alpha value is -2.82. The summed E-state index contributed by atoms with van der Waals surface area (Å²) in [6.07, 6.45) is -2.17. The first-order chi connectivity index (χ1) is 15.2. The number of rotatable bonds is 5. The number of nitrogens with one attached hydrogen (secondary N) is 2. The second kappa shape index (κ2) is 8.61. The van der Waals surface area contributed by atoms with Crippen LogP contribution in [0.3, 0.4) is 0 Å². The summed E-state index contributed by atoms with van der Waals surface area (Å²) in [4.78, 5) is 40.0. The van der Waals surface area contributed by atoms with E-state index in [1.807, 2.05) is 0 Å². The summed E-state index contributed by atoms with van der Waals surface area (Å²) >= 11 is 0. The Morgan fingerprint density at radius 1 is 1.16 bits per heavy atom. The van der Waals surface area contributed by atoms with Crippen LogP contribution >= 0.6 is 0 Å². The summed E-state index contributed by atoms with van der Waals surface area (Å²) in [5.74, 6) is -1.07. The lowest BCUT2D eigenvalue weighted by atomic mass is 9.98. The standard InChI is InChI=1S/C21H25F3N4O4/c22-21(23,24)15-13-14(27-9-11-32-12-10-27)3-4-16(15)25-17(29)5-8-28-18(30)20(26-19(28)31)6-1-2-7-20/h3-4,13H,1-2,5-12H2,(H,25,29)(H,26,31). The largest absolute Gasteiger partial charge is 0.418 e. The maximum Gasteiger partial charge on any atom is 0.418 e. The highest BCUT2D eigenvalue weighted by atomic mass is 19.4. The van der Waals surface area contributed by atoms with E-state index in [4.69, 9.17) is 4.74 Å². The lowest BCUT2D eigenvalue weighted by molar-refractivity contribution is -0.137. The van der Waals surface area contributed by atoms with Crippen LogP contribution < -0.4 is 15.5 Å². The Labute approximate surface area is 183 Å². The van der Waals surface area contributed by atoms with Crippen molar-refractivity contribution in [2.24, 2.45) is 0 Å². The number of nitrogens with zero attached hydrogens (tertiary/aromatic N) is 2. The maximum absolute atomic E-state index is 13.6. The number of anilines is 2. The highest BCUT2D eigenvalue weighted by Gasteiger charge is 2.52. The molecular weight excluding hydrogens is 429 g/mol. The second-order valence-corrected chi connectivity index (χ2v) is 8.30. The minimum Gasteiger partial charge on any atom is -0.378 e. The van der Waals surface area contributed by atoms with Gasteiger partial charge in [0.25, 0.3) is 5.91 Å². The highest BCUT2D eigenvalue weighted by Crippen LogP contribution is 2.38. The first kappa shape index (κ1) is 22.4. The van der Waals surface area contributed by atoms with Gasteiger partial charge in [-0.15, -0.1) is 0 Å². The molecule has 11 heteroatoms. The number of halogens is 3. The van der Waals surface area contributed by atoms with Gasteiger partial charge in [-0.1, -0.05) is 12.8 Å². The molecule has 2 saturated heterocycles. The summed E-state index contributed by atoms with van der Waals surface area (Å²) in [5.41, 5.74) is -1.79. The van der Waals surface area contributed by atoms with E-state index in [0.717, 1.165) is 23.8 Å². The number of alkyl halides is 3. The fourth-order valence-corrected chi connectivity index (χ4v) is 4.52. The zero-order valence-electron chi connectivity index (χ0n) is 17.5. The minimum absolute atomic E-state index is 0.189. The first-order valence-electron chi connectivity index (χ1n) is 10.7. The summed E-state index contributed by atoms with van der Waals surface area (Å²) in [6, 6.07) is 3.21. The van der Waals surface area contributed by atoms with Crippen molar-refractivity contribution in [3.05, 3.63) is 23.8 Å². The maximum atomic E-state index is 13.6. The third-order valence-corrected chi connectivity index (χ3v) is 6.22. The molecule has 1 spiro atoms. The van der Waals surface area contributed by atoms with Gasteiger partial charge in [0.05, 0.1) is 24.5 Å². The number of carbonyl (C=O) groups excluding carboxylic acids is 3. The lowest BCUT2D eigenvalue weighted by Crippen LogP contribution is -2.44. The Balaban J connectivity index is 1.42. The molecule has 1 aromatic rings. The number of benzene rings is 1. The third-order valence-electron chi connectivity index (χ3n) is 6.22. The van der Waals surface area contributed by atoms with Crippen LogP contribution in [0.15, 0.2) is 18.2 Å². The van der Waals surface area contributed by atoms with E-state index in [0.29, 0.717) is 44.8 Å². The van der Waals surface area contributed by atoms with Crippen molar-refractivity contribution in [2.45, 2.75) is 43.8 Å². The van der Waals surface area contributed by atoms with Crippen LogP contribution in [0, 0.1) is 0 Å². The zero-order chi connectivity index (χ0) is 22.9. The van der Waals surface area contributed by atoms with Crippen molar-refractivity contribution in [3.63, 3.8) is 0 Å². The number of ether oxygens (including phenoxy) is 1. The van der Waals surface area contributed by atoms with Gasteiger partial charge in [0.15, 0.2) is 0 Å². The molecule has 8 nitrogen and oxygen atoms in total. The molecule has 2 aliphatic heterocycles. The molecule has 1 aliphatic carbocycles. The second-order valence-electron chi connectivity index (χ2n) is 8.30. The van der Waals surface area contributed by atoms with Crippen molar-refractivity contribution in [3.8, 4) is 0 Å². The van der Waals surface area contributed by atoms with Crippen molar-refractivity contribution in [1.82, 2.24) is 10.2 Å². The quantitative estimate of drug-likeness (QED) is 0.668. The number of morpholine rings is 1. The predicted molar refractivity (Wildman–Crippen MR) is 109 cm³/mol. The predicted octanol–water partition coefficient (Wildman–Crippen LogP) is 2.74. The molecule has 0 aromatic heterocycles. The summed E-state index contributed by atoms with van der Waals surface area (Å²) in [7, 11) is 0. The molecule has 0 radical (unpaired) electrons. The molecule has 4 amide bonds. The van der Waals surface area contributed by atoms with Crippen LogP contribution in [0.2, 0.25) is 0 Å². The molecule has 32 heavy (non-hydrogen) atoms. The Morgan fingerprint density at radius 3 is 2.50 bits per heavy atom. The fourth-order valence-electron chi connectivity index (χ4n) is 4.52. The molecule has 2 heterocycles. The van der Waals surface area contributed by atoms with Crippen LogP contribution in [0.1, 0.15) is 37.7 Å². The Morgan fingerprint density at radius 2 is 1.84 bits per heavy atom. The molecule has 1 saturated carbocycles. The average Bonchev–Trinajstić information content (AvgIpc) is 3.31. The molecular formula is C21H25F3N4O4. The minimum atomic E-state index is -4.66. The molecule has 0 bridgehead atoms. The highest BCUT2D eigenvalue weighted by molar-refractivity contribution is 6.07. The van der Waals surface area contributed by atoms with Crippen molar-refractivity contribution >= 4 is 29.2 Å². The van der Waals surface area contributed by atoms with Gasteiger partial charge >= 0.3 is 12.2 Å². The van der Waals surface area contributed by atoms with Gasteiger partial charge in [-0.2, -0.15) is 13.2 Å². The molecule has 1 aromatic carbocycles. The summed E-state index contributed by atoms with van der Waals surface area (Å²) in [6.45, 7) is 1.64. The van der Waals surface area contributed by atoms with E-state index in [1.54, 1.807) is 4.90 Å². The molecule has 174 valence electrons. The Kier molecular flexibility index (Phi) is 6.02. The van der Waals surface area contributed by atoms with Crippen molar-refractivity contribution in [1.29, 1.82) is 0 Å². The van der Waals surface area contributed by atoms with Gasteiger partial charge in [0, 0.05) is 31.7 Å². The number of hydrogen-bond acceptors (Lipinski definition) is 5. The molecule has 0 atom stereocenters. The lowest BCUT2D eigenvalue weighted by Gasteiger charge is -2.29. The molecule has 0 unspecified atom stereocenters. The SMILES string of the molecule is O=C(CCN1C(=O)NC2(CCCC2)C1=O)Nc1ccc(N2CCOCC2)cc1C(F)(F)F. The number of imide groups is 1. The van der Waals surface area contributed by atoms with Crippen molar-refractivity contribution < 1.29 is 32.3 Å². The summed E-state index contributed by atoms with van der Waals surface area (Å²) in [5, 5.41) is 5.00. The van der Waals surface area contributed by atoms with Crippen LogP contribution in [0.4, 0.5) is 29.3 Å². The van der Waals surface area contributed by atoms with Crippen LogP contribution in [-0.2, 0) is 20.5 Å². The number of urea groups is 1. The normalized spacial score (nSPS) is 20.7. The van der Waals surface area contributed by atoms with E-state index < -0.39 is 29.2 Å². The van der Waals surface area contributed by atoms with E-state index in [9.17, 15) is 27.6 Å². The topological polar surface area (TPSA) is 91.0 Å². The van der Waals surface area contributed by atoms with Crippen LogP contribution in [0.25, 0.3) is 0 Å². The zero-order valence-corrected chi connectivity index (χ0v) is 17.5. The van der Waals surface area contributed by atoms with Crippen molar-refractivity contribution in [2.75, 3.05) is 43.1 Å². The Bertz CT molecular complexity index is 909. The number of hydrogen-bond donors (Lipinski definition) is 2.